The highest BCUT2D eigenvalue weighted by Gasteiger charge is 2.24. The zero-order valence-electron chi connectivity index (χ0n) is 16.3. The zero-order valence-corrected chi connectivity index (χ0v) is 17.1. The fraction of sp³-hybridized carbons (Fsp3) is 0.400. The van der Waals surface area contributed by atoms with Gasteiger partial charge in [-0.25, -0.2) is 9.78 Å². The number of hydrogen-bond donors (Lipinski definition) is 2. The van der Waals surface area contributed by atoms with Crippen LogP contribution in [-0.2, 0) is 6.54 Å². The van der Waals surface area contributed by atoms with E-state index in [1.165, 1.54) is 15.9 Å². The highest BCUT2D eigenvalue weighted by Crippen LogP contribution is 2.19. The maximum Gasteiger partial charge on any atom is 0.319 e. The molecule has 9 heteroatoms. The molecule has 1 unspecified atom stereocenters. The predicted octanol–water partition coefficient (Wildman–Crippen LogP) is 2.64. The summed E-state index contributed by atoms with van der Waals surface area (Å²) in [6, 6.07) is 11.0. The molecule has 1 atom stereocenters. The molecule has 1 aromatic carbocycles. The van der Waals surface area contributed by atoms with E-state index < -0.39 is 0 Å². The molecule has 4 rings (SSSR count). The summed E-state index contributed by atoms with van der Waals surface area (Å²) >= 11 is 1.42. The summed E-state index contributed by atoms with van der Waals surface area (Å²) in [6.45, 7) is 3.94. The van der Waals surface area contributed by atoms with Crippen molar-refractivity contribution in [3.63, 3.8) is 0 Å². The van der Waals surface area contributed by atoms with Crippen LogP contribution in [0, 0.1) is 6.92 Å². The van der Waals surface area contributed by atoms with Gasteiger partial charge in [-0.05, 0) is 38.4 Å². The van der Waals surface area contributed by atoms with Gasteiger partial charge in [-0.15, -0.1) is 0 Å². The summed E-state index contributed by atoms with van der Waals surface area (Å²) in [7, 11) is 0. The number of fused-ring (bicyclic) bond motifs is 1. The van der Waals surface area contributed by atoms with Crippen LogP contribution in [0.25, 0.3) is 4.96 Å². The van der Waals surface area contributed by atoms with Crippen LogP contribution >= 0.6 is 11.3 Å². The lowest BCUT2D eigenvalue weighted by molar-refractivity contribution is 0.137. The standard InChI is InChI=1S/C20H24N6O2S/c1-14-24-26-18(27)11-16(23-20(26)29-14)13-25-10-6-5-9-17(25)12-21-19(28)22-15-7-3-2-4-8-15/h2-4,7-8,11,17H,5-6,9-10,12-13H2,1H3,(H2,21,22,28). The van der Waals surface area contributed by atoms with Crippen molar-refractivity contribution >= 4 is 28.0 Å². The topological polar surface area (TPSA) is 91.6 Å². The lowest BCUT2D eigenvalue weighted by Gasteiger charge is -2.35. The molecule has 0 radical (unpaired) electrons. The number of rotatable bonds is 5. The normalized spacial score (nSPS) is 17.3. The van der Waals surface area contributed by atoms with Gasteiger partial charge in [0.25, 0.3) is 5.56 Å². The van der Waals surface area contributed by atoms with Gasteiger partial charge in [-0.2, -0.15) is 9.61 Å². The smallest absolute Gasteiger partial charge is 0.319 e. The number of aryl methyl sites for hydroxylation is 1. The van der Waals surface area contributed by atoms with Gasteiger partial charge in [-0.1, -0.05) is 36.0 Å². The molecule has 2 aromatic heterocycles. The second-order valence-corrected chi connectivity index (χ2v) is 8.38. The lowest BCUT2D eigenvalue weighted by atomic mass is 10.0. The van der Waals surface area contributed by atoms with Crippen molar-refractivity contribution in [2.24, 2.45) is 0 Å². The Morgan fingerprint density at radius 3 is 2.93 bits per heavy atom. The third-order valence-electron chi connectivity index (χ3n) is 5.04. The molecule has 8 nitrogen and oxygen atoms in total. The number of anilines is 1. The molecule has 29 heavy (non-hydrogen) atoms. The lowest BCUT2D eigenvalue weighted by Crippen LogP contribution is -2.47. The summed E-state index contributed by atoms with van der Waals surface area (Å²) < 4.78 is 1.35. The number of piperidine rings is 1. The van der Waals surface area contributed by atoms with Crippen LogP contribution in [-0.4, -0.2) is 44.7 Å². The molecule has 152 valence electrons. The number of likely N-dealkylation sites (tertiary alicyclic amines) is 1. The van der Waals surface area contributed by atoms with Crippen LogP contribution in [0.2, 0.25) is 0 Å². The first kappa shape index (κ1) is 19.5. The van der Waals surface area contributed by atoms with Crippen LogP contribution < -0.4 is 16.2 Å². The average Bonchev–Trinajstić information content (AvgIpc) is 3.09. The van der Waals surface area contributed by atoms with Gasteiger partial charge in [0.15, 0.2) is 0 Å². The molecular weight excluding hydrogens is 388 g/mol. The van der Waals surface area contributed by atoms with Gasteiger partial charge in [0, 0.05) is 30.9 Å². The Morgan fingerprint density at radius 2 is 2.10 bits per heavy atom. The summed E-state index contributed by atoms with van der Waals surface area (Å²) in [5.74, 6) is 0. The molecule has 3 heterocycles. The number of para-hydroxylation sites is 1. The van der Waals surface area contributed by atoms with E-state index >= 15 is 0 Å². The number of nitrogens with one attached hydrogen (secondary N) is 2. The van der Waals surface area contributed by atoms with Gasteiger partial charge >= 0.3 is 6.03 Å². The maximum atomic E-state index is 12.3. The molecule has 1 aliphatic heterocycles. The molecule has 2 N–H and O–H groups in total. The fourth-order valence-electron chi connectivity index (χ4n) is 3.65. The van der Waals surface area contributed by atoms with Crippen LogP contribution in [0.1, 0.15) is 30.0 Å². The van der Waals surface area contributed by atoms with E-state index in [1.807, 2.05) is 37.3 Å². The molecule has 0 spiro atoms. The van der Waals surface area contributed by atoms with Crippen molar-refractivity contribution in [1.29, 1.82) is 0 Å². The highest BCUT2D eigenvalue weighted by atomic mass is 32.1. The van der Waals surface area contributed by atoms with Crippen LogP contribution in [0.15, 0.2) is 41.2 Å². The Labute approximate surface area is 172 Å². The minimum atomic E-state index is -0.209. The summed E-state index contributed by atoms with van der Waals surface area (Å²) in [6.07, 6.45) is 3.24. The summed E-state index contributed by atoms with van der Waals surface area (Å²) in [4.78, 5) is 32.1. The van der Waals surface area contributed by atoms with Gasteiger partial charge in [-0.3, -0.25) is 9.69 Å². The molecule has 3 aromatic rings. The summed E-state index contributed by atoms with van der Waals surface area (Å²) in [5, 5.41) is 10.8. The van der Waals surface area contributed by atoms with Crippen LogP contribution in [0.3, 0.4) is 0 Å². The Bertz CT molecular complexity index is 1050. The van der Waals surface area contributed by atoms with Crippen molar-refractivity contribution in [2.75, 3.05) is 18.4 Å². The zero-order chi connectivity index (χ0) is 20.2. The Kier molecular flexibility index (Phi) is 5.86. The molecule has 0 aliphatic carbocycles. The summed E-state index contributed by atoms with van der Waals surface area (Å²) in [5.41, 5.74) is 1.37. The number of amides is 2. The first-order chi connectivity index (χ1) is 14.1. The highest BCUT2D eigenvalue weighted by molar-refractivity contribution is 7.16. The van der Waals surface area contributed by atoms with E-state index in [0.29, 0.717) is 18.1 Å². The third-order valence-corrected chi connectivity index (χ3v) is 5.87. The van der Waals surface area contributed by atoms with Crippen LogP contribution in [0.5, 0.6) is 0 Å². The fourth-order valence-corrected chi connectivity index (χ4v) is 4.41. The van der Waals surface area contributed by atoms with E-state index in [-0.39, 0.29) is 17.6 Å². The quantitative estimate of drug-likeness (QED) is 0.672. The average molecular weight is 413 g/mol. The number of urea groups is 1. The van der Waals surface area contributed by atoms with Gasteiger partial charge in [0.1, 0.15) is 5.01 Å². The largest absolute Gasteiger partial charge is 0.336 e. The Morgan fingerprint density at radius 1 is 1.28 bits per heavy atom. The van der Waals surface area contributed by atoms with E-state index in [0.717, 1.165) is 42.2 Å². The third kappa shape index (κ3) is 4.80. The molecule has 0 saturated carbocycles. The monoisotopic (exact) mass is 412 g/mol. The van der Waals surface area contributed by atoms with E-state index in [1.54, 1.807) is 6.07 Å². The van der Waals surface area contributed by atoms with Crippen LogP contribution in [0.4, 0.5) is 10.5 Å². The van der Waals surface area contributed by atoms with Crippen molar-refractivity contribution in [3.05, 3.63) is 57.5 Å². The number of aromatic nitrogens is 3. The number of carbonyl (C=O) groups is 1. The molecule has 2 amide bonds. The molecule has 0 bridgehead atoms. The number of benzene rings is 1. The van der Waals surface area contributed by atoms with E-state index in [2.05, 4.69) is 25.6 Å². The minimum Gasteiger partial charge on any atom is -0.336 e. The Balaban J connectivity index is 1.40. The second kappa shape index (κ2) is 8.71. The second-order valence-electron chi connectivity index (χ2n) is 7.22. The SMILES string of the molecule is Cc1nn2c(=O)cc(CN3CCCCC3CNC(=O)Nc3ccccc3)nc2s1. The van der Waals surface area contributed by atoms with Crippen molar-refractivity contribution in [2.45, 2.75) is 38.8 Å². The van der Waals surface area contributed by atoms with Gasteiger partial charge in [0.05, 0.1) is 5.69 Å². The number of hydrogen-bond acceptors (Lipinski definition) is 6. The first-order valence-corrected chi connectivity index (χ1v) is 10.6. The van der Waals surface area contributed by atoms with Gasteiger partial charge in [0.2, 0.25) is 4.96 Å². The molecule has 1 aliphatic rings. The minimum absolute atomic E-state index is 0.150. The first-order valence-electron chi connectivity index (χ1n) is 9.79. The number of carbonyl (C=O) groups excluding carboxylic acids is 1. The van der Waals surface area contributed by atoms with Crippen molar-refractivity contribution < 1.29 is 4.79 Å². The molecule has 1 saturated heterocycles. The molecular formula is C20H24N6O2S. The predicted molar refractivity (Wildman–Crippen MR) is 113 cm³/mol. The van der Waals surface area contributed by atoms with E-state index in [4.69, 9.17) is 0 Å². The van der Waals surface area contributed by atoms with Crippen molar-refractivity contribution in [1.82, 2.24) is 24.8 Å². The van der Waals surface area contributed by atoms with Crippen molar-refractivity contribution in [3.8, 4) is 0 Å². The van der Waals surface area contributed by atoms with E-state index in [9.17, 15) is 9.59 Å². The maximum absolute atomic E-state index is 12.3. The molecule has 1 fully saturated rings. The Hall–Kier alpha value is -2.78. The number of nitrogens with zero attached hydrogens (tertiary/aromatic N) is 4. The van der Waals surface area contributed by atoms with Gasteiger partial charge < -0.3 is 10.6 Å².